The van der Waals surface area contributed by atoms with Gasteiger partial charge in [0.1, 0.15) is 0 Å². The average molecular weight is 868 g/mol. The zero-order chi connectivity index (χ0) is 39.6. The van der Waals surface area contributed by atoms with Crippen molar-refractivity contribution in [3.63, 3.8) is 0 Å². The van der Waals surface area contributed by atoms with Gasteiger partial charge >= 0.3 is 347 Å². The van der Waals surface area contributed by atoms with Gasteiger partial charge in [-0.1, -0.05) is 0 Å². The van der Waals surface area contributed by atoms with Crippen LogP contribution in [0.4, 0.5) is 0 Å². The normalized spacial score (nSPS) is 17.5. The molecule has 0 nitrogen and oxygen atoms in total. The SMILES string of the molecule is C[SiH](C)[Zr]([Cl])([Cl])([CH]1C(c2ccccc2)=Cc2c1ccc(C(C)(C)C)c2-c1ccccc1)[CH]1C(c2ccccc2)=Cc2c1ccc(C(C)(C)C)c2-c1ccccc1. The Labute approximate surface area is 344 Å². The van der Waals surface area contributed by atoms with Crippen molar-refractivity contribution in [2.24, 2.45) is 0 Å². The standard InChI is InChI=1S/2C25H23.C2H7Si.2ClH.Zr/c2*1-25(2,3)23-15-14-20-16-21(18-10-6-4-7-11-18)17-22(20)24(23)19-12-8-5-9-13-19;1-3-2;;;/h2*4-17H,1-3H3;3H,1-2H3;2*1H;/q;;;;;+2/p-2. The third kappa shape index (κ3) is 6.44. The first-order valence-electron chi connectivity index (χ1n) is 20.2. The van der Waals surface area contributed by atoms with Gasteiger partial charge in [-0.25, -0.2) is 0 Å². The van der Waals surface area contributed by atoms with Crippen LogP contribution in [-0.2, 0) is 26.4 Å². The molecule has 0 radical (unpaired) electrons. The van der Waals surface area contributed by atoms with Crippen LogP contribution in [-0.4, -0.2) is 5.92 Å². The minimum absolute atomic E-state index is 0.0714. The van der Waals surface area contributed by atoms with E-state index in [0.29, 0.717) is 0 Å². The number of allylic oxidation sites excluding steroid dienone is 2. The van der Waals surface area contributed by atoms with Gasteiger partial charge in [-0.2, -0.15) is 0 Å². The zero-order valence-electron chi connectivity index (χ0n) is 34.0. The molecule has 0 spiro atoms. The van der Waals surface area contributed by atoms with E-state index in [4.69, 9.17) is 17.0 Å². The molecule has 0 heterocycles. The van der Waals surface area contributed by atoms with Crippen molar-refractivity contribution in [3.05, 3.63) is 190 Å². The van der Waals surface area contributed by atoms with E-state index in [1.54, 1.807) is 0 Å². The fourth-order valence-electron chi connectivity index (χ4n) is 9.76. The number of halogens is 2. The Bertz CT molecular complexity index is 2320. The van der Waals surface area contributed by atoms with Crippen LogP contribution in [0.25, 0.3) is 45.6 Å². The summed E-state index contributed by atoms with van der Waals surface area (Å²) >= 11 is -5.29. The molecule has 56 heavy (non-hydrogen) atoms. The van der Waals surface area contributed by atoms with Crippen molar-refractivity contribution in [2.75, 3.05) is 0 Å². The predicted octanol–water partition coefficient (Wildman–Crippen LogP) is 15.5. The third-order valence-electron chi connectivity index (χ3n) is 12.6. The molecule has 6 aromatic rings. The van der Waals surface area contributed by atoms with Crippen molar-refractivity contribution in [1.29, 1.82) is 0 Å². The van der Waals surface area contributed by atoms with Gasteiger partial charge in [0, 0.05) is 0 Å². The summed E-state index contributed by atoms with van der Waals surface area (Å²) in [4.78, 5) is 0. The molecule has 0 saturated heterocycles. The Morgan fingerprint density at radius 1 is 0.429 bits per heavy atom. The van der Waals surface area contributed by atoms with Gasteiger partial charge in [0.05, 0.1) is 0 Å². The number of rotatable bonds is 7. The summed E-state index contributed by atoms with van der Waals surface area (Å²) in [6.07, 6.45) is 4.98. The topological polar surface area (TPSA) is 0 Å². The van der Waals surface area contributed by atoms with Crippen molar-refractivity contribution >= 4 is 46.2 Å². The van der Waals surface area contributed by atoms with Crippen LogP contribution in [0.3, 0.4) is 0 Å². The quantitative estimate of drug-likeness (QED) is 0.140. The van der Waals surface area contributed by atoms with Gasteiger partial charge < -0.3 is 0 Å². The van der Waals surface area contributed by atoms with Gasteiger partial charge in [0.15, 0.2) is 0 Å². The van der Waals surface area contributed by atoms with E-state index < -0.39 is 21.5 Å². The van der Waals surface area contributed by atoms with Crippen LogP contribution in [0.1, 0.15) is 93.3 Å². The Balaban J connectivity index is 1.49. The Morgan fingerprint density at radius 2 is 0.732 bits per heavy atom. The fraction of sp³-hybridized carbons (Fsp3) is 0.231. The molecule has 0 aliphatic heterocycles. The molecule has 0 bridgehead atoms. The molecule has 2 atom stereocenters. The molecule has 2 aliphatic rings. The van der Waals surface area contributed by atoms with Gasteiger partial charge in [0.2, 0.25) is 0 Å². The predicted molar refractivity (Wildman–Crippen MR) is 246 cm³/mol. The Hall–Kier alpha value is -3.52. The summed E-state index contributed by atoms with van der Waals surface area (Å²) in [7, 11) is 18.2. The number of hydrogen-bond donors (Lipinski definition) is 0. The van der Waals surface area contributed by atoms with E-state index >= 15 is 0 Å². The summed E-state index contributed by atoms with van der Waals surface area (Å²) < 4.78 is -0.211. The molecular formula is C52H53Cl2SiZr. The van der Waals surface area contributed by atoms with Crippen LogP contribution in [0.15, 0.2) is 146 Å². The monoisotopic (exact) mass is 865 g/mol. The number of fused-ring (bicyclic) bond motifs is 2. The maximum absolute atomic E-state index is 9.10. The van der Waals surface area contributed by atoms with E-state index in [2.05, 4.69) is 212 Å². The first-order valence-corrected chi connectivity index (χ1v) is 36.5. The second-order valence-electron chi connectivity index (χ2n) is 18.4. The first kappa shape index (κ1) is 39.3. The number of hydrogen-bond acceptors (Lipinski definition) is 0. The average Bonchev–Trinajstić information content (AvgIpc) is 3.79. The Morgan fingerprint density at radius 3 is 1.02 bits per heavy atom. The summed E-state index contributed by atoms with van der Waals surface area (Å²) in [6, 6.07) is 53.5. The van der Waals surface area contributed by atoms with Crippen LogP contribution in [0.2, 0.25) is 13.1 Å². The molecule has 0 saturated carbocycles. The molecule has 0 N–H and O–H groups in total. The second kappa shape index (κ2) is 14.4. The second-order valence-corrected chi connectivity index (χ2v) is 60.9. The molecule has 283 valence electrons. The summed E-state index contributed by atoms with van der Waals surface area (Å²) in [6.45, 7) is 18.9. The molecule has 0 amide bonds. The van der Waals surface area contributed by atoms with E-state index in [1.165, 1.54) is 77.9 Å². The van der Waals surface area contributed by atoms with Crippen LogP contribution < -0.4 is 0 Å². The van der Waals surface area contributed by atoms with Crippen molar-refractivity contribution in [2.45, 2.75) is 72.7 Å². The fourth-order valence-corrected chi connectivity index (χ4v) is 39.9. The molecule has 0 fully saturated rings. The minimum atomic E-state index is -5.29. The van der Waals surface area contributed by atoms with Gasteiger partial charge in [-0.3, -0.25) is 0 Å². The maximum atomic E-state index is 9.10. The summed E-state index contributed by atoms with van der Waals surface area (Å²) in [5, 5.41) is 0. The molecule has 0 aromatic heterocycles. The van der Waals surface area contributed by atoms with E-state index in [-0.39, 0.29) is 18.1 Å². The van der Waals surface area contributed by atoms with Gasteiger partial charge in [-0.15, -0.1) is 0 Å². The summed E-state index contributed by atoms with van der Waals surface area (Å²) in [5.74, 6) is -1.88. The summed E-state index contributed by atoms with van der Waals surface area (Å²) in [5.41, 5.74) is 17.7. The van der Waals surface area contributed by atoms with Crippen LogP contribution in [0.5, 0.6) is 0 Å². The van der Waals surface area contributed by atoms with Crippen LogP contribution >= 0.6 is 17.0 Å². The third-order valence-corrected chi connectivity index (χ3v) is 64.1. The molecule has 6 aromatic carbocycles. The van der Waals surface area contributed by atoms with Crippen molar-refractivity contribution in [3.8, 4) is 22.3 Å². The van der Waals surface area contributed by atoms with E-state index in [1.807, 2.05) is 0 Å². The zero-order valence-corrected chi connectivity index (χ0v) is 39.1. The van der Waals surface area contributed by atoms with E-state index in [0.717, 1.165) is 0 Å². The molecule has 2 aliphatic carbocycles. The molecule has 4 heteroatoms. The van der Waals surface area contributed by atoms with Gasteiger partial charge in [0.25, 0.3) is 0 Å². The first-order chi connectivity index (χ1) is 26.6. The number of benzene rings is 6. The Kier molecular flexibility index (Phi) is 10.1. The van der Waals surface area contributed by atoms with E-state index in [9.17, 15) is 0 Å². The van der Waals surface area contributed by atoms with Gasteiger partial charge in [-0.05, 0) is 0 Å². The van der Waals surface area contributed by atoms with Crippen molar-refractivity contribution in [1.82, 2.24) is 0 Å². The molecule has 8 rings (SSSR count). The molecule has 2 unspecified atom stereocenters. The molecular weight excluding hydrogens is 815 g/mol. The van der Waals surface area contributed by atoms with Crippen LogP contribution in [0, 0.1) is 0 Å². The van der Waals surface area contributed by atoms with Crippen molar-refractivity contribution < 1.29 is 15.6 Å².